The van der Waals surface area contributed by atoms with E-state index in [1.807, 2.05) is 0 Å². The van der Waals surface area contributed by atoms with Crippen LogP contribution in [-0.4, -0.2) is 20.1 Å². The summed E-state index contributed by atoms with van der Waals surface area (Å²) in [6.07, 6.45) is -0.690. The molecule has 0 aliphatic heterocycles. The summed E-state index contributed by atoms with van der Waals surface area (Å²) < 4.78 is 38.6. The number of rotatable bonds is 3. The summed E-state index contributed by atoms with van der Waals surface area (Å²) in [6, 6.07) is 4.01. The number of carbonyl (C=O) groups is 1. The molecule has 1 aromatic carbocycles. The van der Waals surface area contributed by atoms with Crippen LogP contribution in [0, 0.1) is 0 Å². The maximum Gasteiger partial charge on any atom is 0.412 e. The van der Waals surface area contributed by atoms with Crippen molar-refractivity contribution in [1.82, 2.24) is 0 Å². The van der Waals surface area contributed by atoms with Crippen LogP contribution in [0.1, 0.15) is 26.3 Å². The van der Waals surface area contributed by atoms with Crippen molar-refractivity contribution in [2.45, 2.75) is 32.1 Å². The zero-order valence-corrected chi connectivity index (χ0v) is 12.8. The first-order chi connectivity index (χ1) is 8.96. The molecule has 1 aromatic rings. The Morgan fingerprint density at radius 2 is 2.00 bits per heavy atom. The van der Waals surface area contributed by atoms with Crippen LogP contribution in [0.2, 0.25) is 5.02 Å². The van der Waals surface area contributed by atoms with Gasteiger partial charge in [-0.05, 0) is 38.5 Å². The molecule has 0 atom stereocenters. The fraction of sp³-hybridized carbons (Fsp3) is 0.417. The van der Waals surface area contributed by atoms with Gasteiger partial charge in [0.15, 0.2) is 0 Å². The molecule has 0 unspecified atom stereocenters. The van der Waals surface area contributed by atoms with Crippen molar-refractivity contribution < 1.29 is 21.8 Å². The second-order valence-corrected chi connectivity index (χ2v) is 6.90. The van der Waals surface area contributed by atoms with Crippen LogP contribution in [0.3, 0.4) is 0 Å². The lowest BCUT2D eigenvalue weighted by Gasteiger charge is -2.20. The number of ether oxygens (including phenoxy) is 1. The van der Waals surface area contributed by atoms with Crippen molar-refractivity contribution in [3.8, 4) is 0 Å². The Morgan fingerprint density at radius 1 is 1.40 bits per heavy atom. The number of carbonyl (C=O) groups excluding carboxylic acids is 1. The van der Waals surface area contributed by atoms with Crippen LogP contribution in [0.5, 0.6) is 0 Å². The van der Waals surface area contributed by atoms with Crippen LogP contribution >= 0.6 is 11.6 Å². The van der Waals surface area contributed by atoms with E-state index in [2.05, 4.69) is 5.32 Å². The molecule has 5 nitrogen and oxygen atoms in total. The Kier molecular flexibility index (Phi) is 4.99. The molecule has 1 N–H and O–H groups in total. The first-order valence-corrected chi connectivity index (χ1v) is 7.60. The fourth-order valence-corrected chi connectivity index (χ4v) is 2.19. The molecule has 0 fully saturated rings. The largest absolute Gasteiger partial charge is 0.444 e. The van der Waals surface area contributed by atoms with Crippen molar-refractivity contribution in [3.05, 3.63) is 28.8 Å². The number of hydrogen-bond donors (Lipinski definition) is 1. The van der Waals surface area contributed by atoms with Gasteiger partial charge in [-0.3, -0.25) is 5.32 Å². The van der Waals surface area contributed by atoms with Crippen molar-refractivity contribution in [1.29, 1.82) is 0 Å². The minimum Gasteiger partial charge on any atom is -0.444 e. The average molecular weight is 324 g/mol. The number of amides is 1. The molecule has 112 valence electrons. The predicted molar refractivity (Wildman–Crippen MR) is 75.0 cm³/mol. The van der Waals surface area contributed by atoms with E-state index in [9.17, 15) is 17.1 Å². The molecule has 0 bridgehead atoms. The normalized spacial score (nSPS) is 12.1. The van der Waals surface area contributed by atoms with Gasteiger partial charge in [-0.1, -0.05) is 17.7 Å². The number of hydrogen-bond acceptors (Lipinski definition) is 4. The van der Waals surface area contributed by atoms with E-state index in [0.29, 0.717) is 0 Å². The molecule has 0 saturated carbocycles. The lowest BCUT2D eigenvalue weighted by molar-refractivity contribution is 0.0636. The van der Waals surface area contributed by atoms with Gasteiger partial charge in [-0.2, -0.15) is 8.42 Å². The van der Waals surface area contributed by atoms with E-state index in [1.54, 1.807) is 20.8 Å². The van der Waals surface area contributed by atoms with Gasteiger partial charge >= 0.3 is 16.3 Å². The molecule has 0 spiro atoms. The highest BCUT2D eigenvalue weighted by Gasteiger charge is 2.17. The molecule has 1 rings (SSSR count). The maximum atomic E-state index is 12.5. The number of anilines is 1. The van der Waals surface area contributed by atoms with Crippen LogP contribution in [-0.2, 0) is 20.7 Å². The van der Waals surface area contributed by atoms with Gasteiger partial charge < -0.3 is 4.74 Å². The number of halogens is 2. The zero-order valence-electron chi connectivity index (χ0n) is 11.2. The van der Waals surface area contributed by atoms with E-state index in [4.69, 9.17) is 16.3 Å². The zero-order chi connectivity index (χ0) is 15.6. The Labute approximate surface area is 122 Å². The third kappa shape index (κ3) is 6.21. The van der Waals surface area contributed by atoms with Crippen LogP contribution in [0.4, 0.5) is 14.4 Å². The summed E-state index contributed by atoms with van der Waals surface area (Å²) in [4.78, 5) is 11.5. The van der Waals surface area contributed by atoms with Crippen LogP contribution in [0.25, 0.3) is 0 Å². The Bertz CT molecular complexity index is 610. The quantitative estimate of drug-likeness (QED) is 0.864. The monoisotopic (exact) mass is 323 g/mol. The van der Waals surface area contributed by atoms with Gasteiger partial charge in [0.2, 0.25) is 0 Å². The molecule has 1 amide bonds. The van der Waals surface area contributed by atoms with Gasteiger partial charge in [-0.25, -0.2) is 4.79 Å². The maximum absolute atomic E-state index is 12.5. The van der Waals surface area contributed by atoms with Gasteiger partial charge in [0.1, 0.15) is 11.4 Å². The summed E-state index contributed by atoms with van der Waals surface area (Å²) in [7, 11) is -4.62. The highest BCUT2D eigenvalue weighted by molar-refractivity contribution is 7.85. The molecule has 0 aromatic heterocycles. The topological polar surface area (TPSA) is 72.5 Å². The van der Waals surface area contributed by atoms with Gasteiger partial charge in [0, 0.05) is 0 Å². The van der Waals surface area contributed by atoms with Crippen molar-refractivity contribution in [2.24, 2.45) is 0 Å². The summed E-state index contributed by atoms with van der Waals surface area (Å²) in [5.41, 5.74) is -0.216. The van der Waals surface area contributed by atoms with E-state index in [-0.39, 0.29) is 16.3 Å². The lowest BCUT2D eigenvalue weighted by Crippen LogP contribution is -2.27. The molecular formula is C12H15ClFNO4S. The Morgan fingerprint density at radius 3 is 2.45 bits per heavy atom. The molecule has 0 saturated heterocycles. The van der Waals surface area contributed by atoms with Crippen molar-refractivity contribution in [2.75, 3.05) is 5.32 Å². The third-order valence-corrected chi connectivity index (χ3v) is 3.00. The standard InChI is InChI=1S/C12H15ClFNO4S/c1-12(2,3)19-11(16)15-10-5-4-8(6-9(10)13)7-20(14,17)18/h4-6H,7H2,1-3H3,(H,15,16). The smallest absolute Gasteiger partial charge is 0.412 e. The van der Waals surface area contributed by atoms with Crippen LogP contribution in [0.15, 0.2) is 18.2 Å². The second kappa shape index (κ2) is 5.97. The highest BCUT2D eigenvalue weighted by atomic mass is 35.5. The summed E-state index contributed by atoms with van der Waals surface area (Å²) in [6.45, 7) is 5.14. The van der Waals surface area contributed by atoms with E-state index in [1.165, 1.54) is 18.2 Å². The lowest BCUT2D eigenvalue weighted by atomic mass is 10.2. The Balaban J connectivity index is 2.81. The highest BCUT2D eigenvalue weighted by Crippen LogP contribution is 2.25. The Hall–Kier alpha value is -1.34. The SMILES string of the molecule is CC(C)(C)OC(=O)Nc1ccc(CS(=O)(=O)F)cc1Cl. The molecule has 0 aliphatic rings. The molecular weight excluding hydrogens is 309 g/mol. The molecule has 20 heavy (non-hydrogen) atoms. The minimum atomic E-state index is -4.62. The van der Waals surface area contributed by atoms with Crippen molar-refractivity contribution in [3.63, 3.8) is 0 Å². The average Bonchev–Trinajstić information content (AvgIpc) is 2.17. The first-order valence-electron chi connectivity index (χ1n) is 5.67. The molecule has 8 heteroatoms. The van der Waals surface area contributed by atoms with Gasteiger partial charge in [-0.15, -0.1) is 3.89 Å². The van der Waals surface area contributed by atoms with Gasteiger partial charge in [0.25, 0.3) is 0 Å². The fourth-order valence-electron chi connectivity index (χ4n) is 1.36. The van der Waals surface area contributed by atoms with Gasteiger partial charge in [0.05, 0.1) is 10.7 Å². The second-order valence-electron chi connectivity index (χ2n) is 5.12. The number of nitrogens with one attached hydrogen (secondary N) is 1. The molecule has 0 aliphatic carbocycles. The van der Waals surface area contributed by atoms with E-state index >= 15 is 0 Å². The van der Waals surface area contributed by atoms with Crippen LogP contribution < -0.4 is 5.32 Å². The summed E-state index contributed by atoms with van der Waals surface area (Å²) in [5.74, 6) is -0.764. The minimum absolute atomic E-state index is 0.0945. The van der Waals surface area contributed by atoms with E-state index < -0.39 is 27.7 Å². The first kappa shape index (κ1) is 16.7. The van der Waals surface area contributed by atoms with E-state index in [0.717, 1.165) is 0 Å². The van der Waals surface area contributed by atoms with Crippen molar-refractivity contribution >= 4 is 33.6 Å². The molecule has 0 radical (unpaired) electrons. The third-order valence-electron chi connectivity index (χ3n) is 2.01. The number of benzene rings is 1. The predicted octanol–water partition coefficient (Wildman–Crippen LogP) is 3.49. The summed E-state index contributed by atoms with van der Waals surface area (Å²) >= 11 is 5.89. The molecule has 0 heterocycles. The summed E-state index contributed by atoms with van der Waals surface area (Å²) in [5, 5.41) is 2.51.